The van der Waals surface area contributed by atoms with Gasteiger partial charge in [-0.25, -0.2) is 9.48 Å². The highest BCUT2D eigenvalue weighted by Crippen LogP contribution is 2.14. The number of hydrogen-bond acceptors (Lipinski definition) is 6. The zero-order chi connectivity index (χ0) is 20.8. The molecule has 0 aliphatic heterocycles. The fourth-order valence-electron chi connectivity index (χ4n) is 2.44. The molecule has 0 aliphatic rings. The van der Waals surface area contributed by atoms with E-state index in [9.17, 15) is 14.4 Å². The molecule has 0 radical (unpaired) electrons. The van der Waals surface area contributed by atoms with Crippen molar-refractivity contribution in [1.29, 1.82) is 5.26 Å². The molecule has 1 amide bonds. The molecule has 1 aromatic heterocycles. The van der Waals surface area contributed by atoms with E-state index in [0.717, 1.165) is 0 Å². The molecule has 0 N–H and O–H groups in total. The highest BCUT2D eigenvalue weighted by atomic mass is 35.5. The average Bonchev–Trinajstić information content (AvgIpc) is 2.66. The van der Waals surface area contributed by atoms with E-state index in [1.807, 2.05) is 6.07 Å². The number of likely N-dealkylation sites (N-methyl/N-ethyl adjacent to an activating group) is 1. The Labute approximate surface area is 166 Å². The first-order chi connectivity index (χ1) is 13.2. The molecular formula is C19H19ClN4O4. The first-order valence-electron chi connectivity index (χ1n) is 8.44. The molecule has 0 saturated carbocycles. The standard InChI is InChI=1S/C19H19ClN4O4/c1-12-11-16(25)17(22-24(12)15-7-5-14(20)6-8-15)19(27)28-13(2)18(26)23(3)10-4-9-21/h5-8,11,13H,4,10H2,1-3H3/t13-/m0/s1. The number of carbonyl (C=O) groups is 2. The molecule has 0 aliphatic carbocycles. The smallest absolute Gasteiger partial charge is 0.363 e. The van der Waals surface area contributed by atoms with Crippen LogP contribution in [0, 0.1) is 18.3 Å². The Kier molecular flexibility index (Phi) is 6.90. The molecule has 2 rings (SSSR count). The molecule has 1 atom stereocenters. The second kappa shape index (κ2) is 9.15. The number of ether oxygens (including phenoxy) is 1. The van der Waals surface area contributed by atoms with E-state index in [1.54, 1.807) is 31.2 Å². The molecule has 0 spiro atoms. The molecule has 0 bridgehead atoms. The first kappa shape index (κ1) is 21.1. The van der Waals surface area contributed by atoms with E-state index in [1.165, 1.54) is 29.6 Å². The Morgan fingerprint density at radius 3 is 2.61 bits per heavy atom. The maximum absolute atomic E-state index is 12.4. The highest BCUT2D eigenvalue weighted by Gasteiger charge is 2.25. The van der Waals surface area contributed by atoms with Gasteiger partial charge in [-0.3, -0.25) is 9.59 Å². The molecule has 0 saturated heterocycles. The van der Waals surface area contributed by atoms with Crippen LogP contribution in [-0.4, -0.2) is 46.3 Å². The molecule has 9 heteroatoms. The lowest BCUT2D eigenvalue weighted by molar-refractivity contribution is -0.138. The number of esters is 1. The van der Waals surface area contributed by atoms with Crippen LogP contribution in [0.2, 0.25) is 5.02 Å². The third-order valence-electron chi connectivity index (χ3n) is 3.94. The number of benzene rings is 1. The Bertz CT molecular complexity index is 979. The Hall–Kier alpha value is -3.18. The van der Waals surface area contributed by atoms with Crippen LogP contribution >= 0.6 is 11.6 Å². The minimum atomic E-state index is -1.12. The van der Waals surface area contributed by atoms with E-state index in [4.69, 9.17) is 21.6 Å². The second-order valence-corrected chi connectivity index (χ2v) is 6.54. The summed E-state index contributed by atoms with van der Waals surface area (Å²) >= 11 is 5.88. The number of halogens is 1. The van der Waals surface area contributed by atoms with Crippen LogP contribution in [0.3, 0.4) is 0 Å². The van der Waals surface area contributed by atoms with E-state index in [2.05, 4.69) is 5.10 Å². The largest absolute Gasteiger partial charge is 0.448 e. The van der Waals surface area contributed by atoms with Gasteiger partial charge in [0.2, 0.25) is 11.1 Å². The number of nitriles is 1. The van der Waals surface area contributed by atoms with Crippen molar-refractivity contribution in [3.8, 4) is 11.8 Å². The lowest BCUT2D eigenvalue weighted by Gasteiger charge is -2.20. The van der Waals surface area contributed by atoms with Crippen molar-refractivity contribution < 1.29 is 14.3 Å². The molecule has 0 fully saturated rings. The fourth-order valence-corrected chi connectivity index (χ4v) is 2.56. The maximum atomic E-state index is 12.4. The van der Waals surface area contributed by atoms with Gasteiger partial charge in [0.15, 0.2) is 6.10 Å². The van der Waals surface area contributed by atoms with Gasteiger partial charge in [-0.15, -0.1) is 0 Å². The third-order valence-corrected chi connectivity index (χ3v) is 4.19. The summed E-state index contributed by atoms with van der Waals surface area (Å²) in [6.07, 6.45) is -0.962. The summed E-state index contributed by atoms with van der Waals surface area (Å²) in [6, 6.07) is 9.90. The topological polar surface area (TPSA) is 105 Å². The Morgan fingerprint density at radius 1 is 1.36 bits per heavy atom. The fraction of sp³-hybridized carbons (Fsp3) is 0.316. The van der Waals surface area contributed by atoms with E-state index < -0.39 is 29.1 Å². The lowest BCUT2D eigenvalue weighted by atomic mass is 10.2. The van der Waals surface area contributed by atoms with Crippen LogP contribution < -0.4 is 5.43 Å². The van der Waals surface area contributed by atoms with Gasteiger partial charge in [-0.05, 0) is 38.1 Å². The van der Waals surface area contributed by atoms with Gasteiger partial charge in [0, 0.05) is 30.4 Å². The van der Waals surface area contributed by atoms with Gasteiger partial charge in [-0.2, -0.15) is 10.4 Å². The van der Waals surface area contributed by atoms with Crippen LogP contribution in [0.1, 0.15) is 29.5 Å². The van der Waals surface area contributed by atoms with Gasteiger partial charge < -0.3 is 9.64 Å². The predicted octanol–water partition coefficient (Wildman–Crippen LogP) is 2.11. The number of aryl methyl sites for hydroxylation is 1. The zero-order valence-corrected chi connectivity index (χ0v) is 16.4. The minimum absolute atomic E-state index is 0.161. The molecular weight excluding hydrogens is 384 g/mol. The average molecular weight is 403 g/mol. The Morgan fingerprint density at radius 2 is 2.00 bits per heavy atom. The van der Waals surface area contributed by atoms with Crippen molar-refractivity contribution in [2.24, 2.45) is 0 Å². The van der Waals surface area contributed by atoms with Gasteiger partial charge in [-0.1, -0.05) is 11.6 Å². The van der Waals surface area contributed by atoms with Crippen LogP contribution in [0.4, 0.5) is 0 Å². The molecule has 1 aromatic carbocycles. The lowest BCUT2D eigenvalue weighted by Crippen LogP contribution is -2.38. The zero-order valence-electron chi connectivity index (χ0n) is 15.7. The molecule has 8 nitrogen and oxygen atoms in total. The molecule has 28 heavy (non-hydrogen) atoms. The van der Waals surface area contributed by atoms with Crippen molar-refractivity contribution >= 4 is 23.5 Å². The van der Waals surface area contributed by atoms with E-state index >= 15 is 0 Å². The number of carbonyl (C=O) groups excluding carboxylic acids is 2. The van der Waals surface area contributed by atoms with Crippen molar-refractivity contribution in [3.63, 3.8) is 0 Å². The molecule has 2 aromatic rings. The normalized spacial score (nSPS) is 11.4. The maximum Gasteiger partial charge on any atom is 0.363 e. The second-order valence-electron chi connectivity index (χ2n) is 6.10. The van der Waals surface area contributed by atoms with Gasteiger partial charge in [0.25, 0.3) is 5.91 Å². The van der Waals surface area contributed by atoms with Gasteiger partial charge in [0.05, 0.1) is 18.2 Å². The summed E-state index contributed by atoms with van der Waals surface area (Å²) in [7, 11) is 1.50. The Balaban J connectivity index is 2.24. The summed E-state index contributed by atoms with van der Waals surface area (Å²) in [5.74, 6) is -1.48. The first-order valence-corrected chi connectivity index (χ1v) is 8.82. The monoisotopic (exact) mass is 402 g/mol. The number of rotatable bonds is 6. The number of amides is 1. The SMILES string of the molecule is Cc1cc(=O)c(C(=O)O[C@@H](C)C(=O)N(C)CCC#N)nn1-c1ccc(Cl)cc1. The summed E-state index contributed by atoms with van der Waals surface area (Å²) < 4.78 is 6.54. The van der Waals surface area contributed by atoms with Crippen molar-refractivity contribution in [2.45, 2.75) is 26.4 Å². The van der Waals surface area contributed by atoms with Crippen molar-refractivity contribution in [2.75, 3.05) is 13.6 Å². The van der Waals surface area contributed by atoms with Crippen molar-refractivity contribution in [1.82, 2.24) is 14.7 Å². The molecule has 146 valence electrons. The summed E-state index contributed by atoms with van der Waals surface area (Å²) in [5, 5.41) is 13.2. The highest BCUT2D eigenvalue weighted by molar-refractivity contribution is 6.30. The third kappa shape index (κ3) is 4.96. The van der Waals surface area contributed by atoms with Crippen LogP contribution in [0.5, 0.6) is 0 Å². The van der Waals surface area contributed by atoms with E-state index in [0.29, 0.717) is 16.4 Å². The van der Waals surface area contributed by atoms with Crippen molar-refractivity contribution in [3.05, 3.63) is 57.0 Å². The van der Waals surface area contributed by atoms with Gasteiger partial charge >= 0.3 is 5.97 Å². The van der Waals surface area contributed by atoms with Crippen LogP contribution in [0.25, 0.3) is 5.69 Å². The predicted molar refractivity (Wildman–Crippen MR) is 102 cm³/mol. The number of nitrogens with zero attached hydrogens (tertiary/aromatic N) is 4. The van der Waals surface area contributed by atoms with Crippen LogP contribution in [-0.2, 0) is 9.53 Å². The number of hydrogen-bond donors (Lipinski definition) is 0. The summed E-state index contributed by atoms with van der Waals surface area (Å²) in [6.45, 7) is 3.28. The summed E-state index contributed by atoms with van der Waals surface area (Å²) in [4.78, 5) is 38.1. The minimum Gasteiger partial charge on any atom is -0.448 e. The molecule has 1 heterocycles. The molecule has 0 unspecified atom stereocenters. The van der Waals surface area contributed by atoms with E-state index in [-0.39, 0.29) is 13.0 Å². The quantitative estimate of drug-likeness (QED) is 0.685. The van der Waals surface area contributed by atoms with Crippen LogP contribution in [0.15, 0.2) is 35.1 Å². The van der Waals surface area contributed by atoms with Gasteiger partial charge in [0.1, 0.15) is 0 Å². The number of aromatic nitrogens is 2. The summed E-state index contributed by atoms with van der Waals surface area (Å²) in [5.41, 5.74) is 0.0885.